The number of likely N-dealkylation sites (tertiary alicyclic amines) is 1. The highest BCUT2D eigenvalue weighted by atomic mass is 32.2. The van der Waals surface area contributed by atoms with Gasteiger partial charge in [-0.3, -0.25) is 9.59 Å². The van der Waals surface area contributed by atoms with Gasteiger partial charge in [-0.1, -0.05) is 6.92 Å². The molecule has 1 aromatic heterocycles. The first-order chi connectivity index (χ1) is 18.0. The minimum absolute atomic E-state index is 0.00500. The summed E-state index contributed by atoms with van der Waals surface area (Å²) in [6.07, 6.45) is 2.48. The Morgan fingerprint density at radius 1 is 1.39 bits per heavy atom. The van der Waals surface area contributed by atoms with E-state index in [-0.39, 0.29) is 34.9 Å². The van der Waals surface area contributed by atoms with Gasteiger partial charge in [0.25, 0.3) is 0 Å². The maximum absolute atomic E-state index is 13.1. The molecule has 5 rings (SSSR count). The van der Waals surface area contributed by atoms with Gasteiger partial charge >= 0.3 is 5.97 Å². The Labute approximate surface area is 223 Å². The van der Waals surface area contributed by atoms with Crippen molar-refractivity contribution in [2.24, 2.45) is 17.6 Å². The normalized spacial score (nSPS) is 32.0. The number of rotatable bonds is 9. The number of aromatic nitrogens is 4. The summed E-state index contributed by atoms with van der Waals surface area (Å²) in [5, 5.41) is 23.6. The highest BCUT2D eigenvalue weighted by molar-refractivity contribution is 8.03. The van der Waals surface area contributed by atoms with Crippen LogP contribution >= 0.6 is 11.8 Å². The molecule has 0 aliphatic carbocycles. The van der Waals surface area contributed by atoms with E-state index >= 15 is 0 Å². The van der Waals surface area contributed by atoms with E-state index in [9.17, 15) is 27.9 Å². The number of aliphatic carboxylic acids is 1. The van der Waals surface area contributed by atoms with Gasteiger partial charge in [0.15, 0.2) is 5.88 Å². The third-order valence-corrected chi connectivity index (χ3v) is 10.5. The molecule has 4 aliphatic rings. The Kier molecular flexibility index (Phi) is 7.23. The first kappa shape index (κ1) is 27.0. The summed E-state index contributed by atoms with van der Waals surface area (Å²) in [6, 6.07) is -1.62. The second-order valence-corrected chi connectivity index (χ2v) is 13.4. The number of nitrogens with one attached hydrogen (secondary N) is 2. The van der Waals surface area contributed by atoms with Crippen LogP contribution in [0.15, 0.2) is 16.9 Å². The van der Waals surface area contributed by atoms with E-state index in [4.69, 9.17) is 5.73 Å². The van der Waals surface area contributed by atoms with Crippen LogP contribution in [0.25, 0.3) is 0 Å². The molecule has 3 fully saturated rings. The van der Waals surface area contributed by atoms with E-state index in [2.05, 4.69) is 25.6 Å². The quantitative estimate of drug-likeness (QED) is 0.232. The third kappa shape index (κ3) is 4.92. The van der Waals surface area contributed by atoms with Crippen LogP contribution in [-0.4, -0.2) is 110 Å². The first-order valence-corrected chi connectivity index (χ1v) is 15.0. The number of carbonyl (C=O) groups excluding carboxylic acids is 2. The van der Waals surface area contributed by atoms with Gasteiger partial charge in [0.1, 0.15) is 12.0 Å². The number of carboxylic acid groups (broad SMARTS) is 1. The van der Waals surface area contributed by atoms with Crippen molar-refractivity contribution in [2.45, 2.75) is 62.0 Å². The Hall–Kier alpha value is -2.60. The lowest BCUT2D eigenvalue weighted by molar-refractivity contribution is -0.157. The predicted molar refractivity (Wildman–Crippen MR) is 134 cm³/mol. The lowest BCUT2D eigenvalue weighted by atomic mass is 9.78. The molecule has 5 N–H and O–H groups in total. The lowest BCUT2D eigenvalue weighted by Gasteiger charge is -2.47. The van der Waals surface area contributed by atoms with Gasteiger partial charge in [-0.15, -0.1) is 16.9 Å². The van der Waals surface area contributed by atoms with Gasteiger partial charge in [-0.25, -0.2) is 22.6 Å². The number of fused-ring (bicyclic) bond motifs is 1. The number of carbonyl (C=O) groups is 3. The molecule has 17 heteroatoms. The molecule has 0 saturated carbocycles. The van der Waals surface area contributed by atoms with Crippen molar-refractivity contribution in [3.8, 4) is 0 Å². The molecule has 3 saturated heterocycles. The first-order valence-electron chi connectivity index (χ1n) is 12.4. The zero-order chi connectivity index (χ0) is 27.4. The summed E-state index contributed by atoms with van der Waals surface area (Å²) in [5.74, 6) is -3.18. The summed E-state index contributed by atoms with van der Waals surface area (Å²) in [4.78, 5) is 41.9. The Morgan fingerprint density at radius 3 is 2.79 bits per heavy atom. The lowest BCUT2D eigenvalue weighted by Crippen LogP contribution is -2.66. The SMILES string of the molecule is CC(NS(=O)(=O)Cn1cnnn1)[C@H]1C(=O)N2C(C(=O)O)=C(S[C@@H]3CN[C@H](C(=O)N4CC[C@@H](N)C4)C3)[C@H](C)[C@H]12. The van der Waals surface area contributed by atoms with E-state index in [0.29, 0.717) is 31.0 Å². The van der Waals surface area contributed by atoms with E-state index in [1.807, 2.05) is 6.92 Å². The van der Waals surface area contributed by atoms with Crippen molar-refractivity contribution in [2.75, 3.05) is 19.6 Å². The Balaban J connectivity index is 1.25. The average molecular weight is 570 g/mol. The standard InChI is InChI=1S/C21H31N9O6S2/c1-10-16-15(11(2)25-38(35,36)9-29-8-24-26-27-29)20(32)30(16)17(21(33)34)18(10)37-13-5-14(23-6-13)19(31)28-4-3-12(22)7-28/h8,10-16,23,25H,3-7,9,22H2,1-2H3,(H,33,34)/t10-,11?,12-,13+,14+,15-,16-/m1/s1. The maximum Gasteiger partial charge on any atom is 0.353 e. The largest absolute Gasteiger partial charge is 0.477 e. The smallest absolute Gasteiger partial charge is 0.353 e. The van der Waals surface area contributed by atoms with Crippen molar-refractivity contribution in [3.63, 3.8) is 0 Å². The predicted octanol–water partition coefficient (Wildman–Crippen LogP) is -2.27. The number of hydrogen-bond acceptors (Lipinski definition) is 11. The van der Waals surface area contributed by atoms with Crippen molar-refractivity contribution in [3.05, 3.63) is 16.9 Å². The van der Waals surface area contributed by atoms with Gasteiger partial charge in [0.2, 0.25) is 21.8 Å². The number of β-lactam (4-membered cyclic amide) rings is 1. The molecular weight excluding hydrogens is 538 g/mol. The highest BCUT2D eigenvalue weighted by Gasteiger charge is 2.60. The molecule has 208 valence electrons. The van der Waals surface area contributed by atoms with Crippen molar-refractivity contribution >= 4 is 39.6 Å². The topological polar surface area (TPSA) is 206 Å². The molecule has 2 amide bonds. The zero-order valence-corrected chi connectivity index (χ0v) is 22.6. The van der Waals surface area contributed by atoms with Crippen molar-refractivity contribution < 1.29 is 27.9 Å². The molecule has 15 nitrogen and oxygen atoms in total. The summed E-state index contributed by atoms with van der Waals surface area (Å²) in [6.45, 7) is 5.15. The number of amides is 2. The molecule has 0 radical (unpaired) electrons. The summed E-state index contributed by atoms with van der Waals surface area (Å²) < 4.78 is 28.7. The number of carboxylic acids is 1. The Bertz CT molecular complexity index is 1260. The molecule has 1 unspecified atom stereocenters. The number of tetrazole rings is 1. The van der Waals surface area contributed by atoms with Gasteiger partial charge in [-0.05, 0) is 30.2 Å². The van der Waals surface area contributed by atoms with Gasteiger partial charge < -0.3 is 26.0 Å². The number of thioether (sulfide) groups is 1. The molecule has 7 atom stereocenters. The monoisotopic (exact) mass is 569 g/mol. The van der Waals surface area contributed by atoms with Crippen molar-refractivity contribution in [1.29, 1.82) is 0 Å². The van der Waals surface area contributed by atoms with Crippen LogP contribution in [0, 0.1) is 11.8 Å². The van der Waals surface area contributed by atoms with Gasteiger partial charge in [0, 0.05) is 47.8 Å². The molecular formula is C21H31N9O6S2. The van der Waals surface area contributed by atoms with Crippen LogP contribution in [0.4, 0.5) is 0 Å². The fourth-order valence-electron chi connectivity index (χ4n) is 5.87. The second-order valence-electron chi connectivity index (χ2n) is 10.3. The molecule has 38 heavy (non-hydrogen) atoms. The molecule has 0 bridgehead atoms. The fourth-order valence-corrected chi connectivity index (χ4v) is 8.61. The minimum atomic E-state index is -3.87. The van der Waals surface area contributed by atoms with E-state index in [0.717, 1.165) is 11.1 Å². The van der Waals surface area contributed by atoms with Gasteiger partial charge in [-0.2, -0.15) is 0 Å². The van der Waals surface area contributed by atoms with E-state index in [1.165, 1.54) is 23.0 Å². The Morgan fingerprint density at radius 2 is 2.16 bits per heavy atom. The number of nitrogens with two attached hydrogens (primary N) is 1. The van der Waals surface area contributed by atoms with Gasteiger partial charge in [0.05, 0.1) is 18.0 Å². The number of sulfonamides is 1. The van der Waals surface area contributed by atoms with E-state index in [1.54, 1.807) is 11.8 Å². The number of hydrogen-bond donors (Lipinski definition) is 4. The zero-order valence-electron chi connectivity index (χ0n) is 20.9. The fraction of sp³-hybridized carbons (Fsp3) is 0.714. The molecule has 0 spiro atoms. The summed E-state index contributed by atoms with van der Waals surface area (Å²) in [7, 11) is -3.87. The van der Waals surface area contributed by atoms with Crippen LogP contribution in [-0.2, 0) is 30.3 Å². The van der Waals surface area contributed by atoms with Crippen LogP contribution in [0.1, 0.15) is 26.7 Å². The second kappa shape index (κ2) is 10.2. The van der Waals surface area contributed by atoms with Crippen LogP contribution < -0.4 is 15.8 Å². The third-order valence-electron chi connectivity index (χ3n) is 7.61. The molecule has 5 heterocycles. The summed E-state index contributed by atoms with van der Waals surface area (Å²) >= 11 is 1.39. The summed E-state index contributed by atoms with van der Waals surface area (Å²) in [5.41, 5.74) is 5.88. The molecule has 0 aromatic carbocycles. The van der Waals surface area contributed by atoms with Crippen LogP contribution in [0.3, 0.4) is 0 Å². The minimum Gasteiger partial charge on any atom is -0.477 e. The molecule has 1 aromatic rings. The highest BCUT2D eigenvalue weighted by Crippen LogP contribution is 2.52. The van der Waals surface area contributed by atoms with Crippen molar-refractivity contribution in [1.82, 2.24) is 40.0 Å². The van der Waals surface area contributed by atoms with Crippen LogP contribution in [0.2, 0.25) is 0 Å². The van der Waals surface area contributed by atoms with E-state index < -0.39 is 45.8 Å². The average Bonchev–Trinajstić information content (AvgIpc) is 3.62. The molecule has 4 aliphatic heterocycles. The number of nitrogens with zero attached hydrogens (tertiary/aromatic N) is 6. The van der Waals surface area contributed by atoms with Crippen LogP contribution in [0.5, 0.6) is 0 Å². The maximum atomic E-state index is 13.1.